The van der Waals surface area contributed by atoms with Crippen molar-refractivity contribution >= 4 is 5.97 Å². The number of carboxylic acid groups (broad SMARTS) is 1. The molecule has 1 aromatic rings. The minimum atomic E-state index is -0.961. The average Bonchev–Trinajstić information content (AvgIpc) is 2.46. The molecule has 0 aliphatic carbocycles. The lowest BCUT2D eigenvalue weighted by Crippen LogP contribution is -2.32. The first-order valence-corrected chi connectivity index (χ1v) is 7.77. The molecule has 0 amide bonds. The number of nitrogens with two attached hydrogens (primary N) is 1. The highest BCUT2D eigenvalue weighted by molar-refractivity contribution is 5.73. The first kappa shape index (κ1) is 18.3. The predicted octanol–water partition coefficient (Wildman–Crippen LogP) is 3.03. The van der Waals surface area contributed by atoms with E-state index in [1.54, 1.807) is 0 Å². The van der Waals surface area contributed by atoms with Gasteiger partial charge in [0.05, 0.1) is 13.2 Å². The normalized spacial score (nSPS) is 15.0. The molecular weight excluding hydrogens is 282 g/mol. The molecule has 22 heavy (non-hydrogen) atoms. The first-order chi connectivity index (χ1) is 10.4. The molecule has 5 nitrogen and oxygen atoms in total. The van der Waals surface area contributed by atoms with Crippen molar-refractivity contribution in [1.29, 1.82) is 0 Å². The van der Waals surface area contributed by atoms with Crippen LogP contribution >= 0.6 is 0 Å². The lowest BCUT2D eigenvalue weighted by molar-refractivity contribution is -0.138. The highest BCUT2D eigenvalue weighted by atomic mass is 16.5. The number of hydrogen-bond acceptors (Lipinski definition) is 4. The van der Waals surface area contributed by atoms with E-state index in [0.717, 1.165) is 17.1 Å². The van der Waals surface area contributed by atoms with Gasteiger partial charge in [0.1, 0.15) is 17.5 Å². The van der Waals surface area contributed by atoms with Crippen molar-refractivity contribution in [1.82, 2.24) is 0 Å². The molecule has 1 rings (SSSR count). The van der Waals surface area contributed by atoms with E-state index >= 15 is 0 Å². The van der Waals surface area contributed by atoms with E-state index in [1.165, 1.54) is 0 Å². The summed E-state index contributed by atoms with van der Waals surface area (Å²) in [6.07, 6.45) is 0.430. The number of hydrogen-bond donors (Lipinski definition) is 2. The van der Waals surface area contributed by atoms with Gasteiger partial charge in [-0.1, -0.05) is 13.8 Å². The lowest BCUT2D eigenvalue weighted by Gasteiger charge is -2.23. The van der Waals surface area contributed by atoms with Crippen molar-refractivity contribution in [2.75, 3.05) is 13.2 Å². The Kier molecular flexibility index (Phi) is 7.18. The maximum atomic E-state index is 10.9. The molecule has 0 radical (unpaired) electrons. The predicted molar refractivity (Wildman–Crippen MR) is 86.6 cm³/mol. The van der Waals surface area contributed by atoms with E-state index in [4.69, 9.17) is 20.3 Å². The Balaban J connectivity index is 2.94. The number of carbonyl (C=O) groups is 1. The number of ether oxygens (including phenoxy) is 2. The Hall–Kier alpha value is -1.75. The van der Waals surface area contributed by atoms with E-state index in [0.29, 0.717) is 19.6 Å². The molecule has 1 aromatic carbocycles. The van der Waals surface area contributed by atoms with Gasteiger partial charge in [-0.2, -0.15) is 0 Å². The molecule has 0 spiro atoms. The SMILES string of the molecule is CCOc1cc(OCC)cc(C(C)C(C)CC(N)C(=O)O)c1. The van der Waals surface area contributed by atoms with Gasteiger partial charge in [-0.05, 0) is 49.8 Å². The van der Waals surface area contributed by atoms with E-state index in [2.05, 4.69) is 6.92 Å². The Morgan fingerprint density at radius 2 is 1.64 bits per heavy atom. The molecule has 3 atom stereocenters. The van der Waals surface area contributed by atoms with Gasteiger partial charge in [0.25, 0.3) is 0 Å². The molecule has 3 unspecified atom stereocenters. The number of aliphatic carboxylic acids is 1. The molecule has 5 heteroatoms. The fraction of sp³-hybridized carbons (Fsp3) is 0.588. The fourth-order valence-electron chi connectivity index (χ4n) is 2.39. The summed E-state index contributed by atoms with van der Waals surface area (Å²) in [5, 5.41) is 8.95. The Bertz CT molecular complexity index is 465. The minimum absolute atomic E-state index is 0.137. The molecule has 3 N–H and O–H groups in total. The second-order valence-corrected chi connectivity index (χ2v) is 5.55. The standard InChI is InChI=1S/C17H27NO4/c1-5-21-14-8-13(9-15(10-14)22-6-2)12(4)11(3)7-16(18)17(19)20/h8-12,16H,5-7,18H2,1-4H3,(H,19,20). The summed E-state index contributed by atoms with van der Waals surface area (Å²) in [5.74, 6) is 0.870. The second-order valence-electron chi connectivity index (χ2n) is 5.55. The quantitative estimate of drug-likeness (QED) is 0.732. The summed E-state index contributed by atoms with van der Waals surface area (Å²) >= 11 is 0. The monoisotopic (exact) mass is 309 g/mol. The van der Waals surface area contributed by atoms with Crippen LogP contribution in [0.3, 0.4) is 0 Å². The first-order valence-electron chi connectivity index (χ1n) is 7.77. The maximum absolute atomic E-state index is 10.9. The van der Waals surface area contributed by atoms with Crippen molar-refractivity contribution < 1.29 is 19.4 Å². The third kappa shape index (κ3) is 5.22. The van der Waals surface area contributed by atoms with Crippen molar-refractivity contribution in [2.45, 2.75) is 46.1 Å². The van der Waals surface area contributed by atoms with Gasteiger partial charge in [-0.15, -0.1) is 0 Å². The summed E-state index contributed by atoms with van der Waals surface area (Å²) in [7, 11) is 0. The average molecular weight is 309 g/mol. The van der Waals surface area contributed by atoms with Crippen LogP contribution < -0.4 is 15.2 Å². The van der Waals surface area contributed by atoms with Gasteiger partial charge >= 0.3 is 5.97 Å². The summed E-state index contributed by atoms with van der Waals surface area (Å²) in [6, 6.07) is 5.01. The largest absolute Gasteiger partial charge is 0.494 e. The van der Waals surface area contributed by atoms with Gasteiger partial charge in [-0.3, -0.25) is 4.79 Å². The van der Waals surface area contributed by atoms with Crippen molar-refractivity contribution in [3.05, 3.63) is 23.8 Å². The molecule has 0 saturated carbocycles. The van der Waals surface area contributed by atoms with E-state index < -0.39 is 12.0 Å². The zero-order chi connectivity index (χ0) is 16.7. The summed E-state index contributed by atoms with van der Waals surface area (Å²) in [6.45, 7) is 9.13. The Labute approximate surface area is 132 Å². The van der Waals surface area contributed by atoms with Crippen LogP contribution in [0.2, 0.25) is 0 Å². The topological polar surface area (TPSA) is 81.8 Å². The van der Waals surface area contributed by atoms with Crippen molar-refractivity contribution in [3.63, 3.8) is 0 Å². The van der Waals surface area contributed by atoms with Gasteiger partial charge in [0.15, 0.2) is 0 Å². The molecule has 0 aromatic heterocycles. The van der Waals surface area contributed by atoms with Crippen LogP contribution in [0, 0.1) is 5.92 Å². The van der Waals surface area contributed by atoms with Crippen molar-refractivity contribution in [3.8, 4) is 11.5 Å². The summed E-state index contributed by atoms with van der Waals surface area (Å²) in [5.41, 5.74) is 6.71. The van der Waals surface area contributed by atoms with Crippen molar-refractivity contribution in [2.24, 2.45) is 11.7 Å². The molecule has 0 heterocycles. The second kappa shape index (κ2) is 8.63. The Morgan fingerprint density at radius 1 is 1.14 bits per heavy atom. The smallest absolute Gasteiger partial charge is 0.320 e. The van der Waals surface area contributed by atoms with E-state index in [1.807, 2.05) is 39.0 Å². The zero-order valence-corrected chi connectivity index (χ0v) is 13.8. The maximum Gasteiger partial charge on any atom is 0.320 e. The van der Waals surface area contributed by atoms with Gasteiger partial charge in [0, 0.05) is 6.07 Å². The van der Waals surface area contributed by atoms with Crippen LogP contribution in [0.1, 0.15) is 45.6 Å². The molecule has 0 saturated heterocycles. The summed E-state index contributed by atoms with van der Waals surface area (Å²) < 4.78 is 11.2. The van der Waals surface area contributed by atoms with Crippen LogP contribution in [0.5, 0.6) is 11.5 Å². The van der Waals surface area contributed by atoms with Gasteiger partial charge in [0.2, 0.25) is 0 Å². The number of rotatable bonds is 9. The molecule has 0 fully saturated rings. The van der Waals surface area contributed by atoms with E-state index in [9.17, 15) is 4.79 Å². The van der Waals surface area contributed by atoms with Crippen LogP contribution in [-0.2, 0) is 4.79 Å². The molecule has 0 aliphatic rings. The zero-order valence-electron chi connectivity index (χ0n) is 13.8. The fourth-order valence-corrected chi connectivity index (χ4v) is 2.39. The van der Waals surface area contributed by atoms with E-state index in [-0.39, 0.29) is 11.8 Å². The molecule has 124 valence electrons. The summed E-state index contributed by atoms with van der Waals surface area (Å²) in [4.78, 5) is 10.9. The van der Waals surface area contributed by atoms with Crippen LogP contribution in [0.15, 0.2) is 18.2 Å². The third-order valence-electron chi connectivity index (χ3n) is 3.85. The Morgan fingerprint density at radius 3 is 2.05 bits per heavy atom. The van der Waals surface area contributed by atoms with Crippen LogP contribution in [0.25, 0.3) is 0 Å². The molecular formula is C17H27NO4. The third-order valence-corrected chi connectivity index (χ3v) is 3.85. The van der Waals surface area contributed by atoms with Gasteiger partial charge < -0.3 is 20.3 Å². The highest BCUT2D eigenvalue weighted by Crippen LogP contribution is 2.33. The van der Waals surface area contributed by atoms with Gasteiger partial charge in [-0.25, -0.2) is 0 Å². The molecule has 0 bridgehead atoms. The highest BCUT2D eigenvalue weighted by Gasteiger charge is 2.22. The van der Waals surface area contributed by atoms with Crippen LogP contribution in [0.4, 0.5) is 0 Å². The van der Waals surface area contributed by atoms with Crippen LogP contribution in [-0.4, -0.2) is 30.3 Å². The number of benzene rings is 1. The minimum Gasteiger partial charge on any atom is -0.494 e. The molecule has 0 aliphatic heterocycles. The lowest BCUT2D eigenvalue weighted by atomic mass is 9.84. The number of carboxylic acids is 1.